The molecule has 2 fully saturated rings. The Morgan fingerprint density at radius 3 is 0.508 bits per heavy atom. The summed E-state index contributed by atoms with van der Waals surface area (Å²) in [5.74, 6) is 0.322. The average Bonchev–Trinajstić information content (AvgIpc) is 2.79. The Hall–Kier alpha value is 3.28. The number of rotatable bonds is 0. The van der Waals surface area contributed by atoms with E-state index < -0.39 is 0 Å². The van der Waals surface area contributed by atoms with Crippen molar-refractivity contribution in [2.45, 2.75) is 210 Å². The Balaban J connectivity index is -0.00000000322. The van der Waals surface area contributed by atoms with Gasteiger partial charge in [0.15, 0.2) is 0 Å². The average molecular weight is 1350 g/mol. The van der Waals surface area contributed by atoms with E-state index in [0.29, 0.717) is 5.75 Å². The Morgan fingerprint density at radius 1 is 0.308 bits per heavy atom. The summed E-state index contributed by atoms with van der Waals surface area (Å²) in [6.07, 6.45) is 11.8. The molecule has 0 heterocycles. The molecule has 10 radical (unpaired) electrons. The molecular formula is C42H128O13V10+24. The SMILES string of the molecule is C.C.C.C.C.C.C.C.C.C.C.C.C.C.C.C.C.C.O.O.O.O.O.O.O.O.O=O.OC1CCCCC1.OC1CCCCC1.Oc1ccccc1.[H+].[H+].[H+].[H+].[V+4].[V+4].[V+4].[V+4].[V+4].[V].[V].[V].[V].[V].c1ccccc1. The molecule has 0 aliphatic heterocycles. The number of hydrogen-bond acceptors (Lipinski definition) is 5. The second kappa shape index (κ2) is 267. The molecule has 0 aromatic heterocycles. The maximum atomic E-state index is 8.91. The number of benzene rings is 2. The van der Waals surface area contributed by atoms with Crippen molar-refractivity contribution in [1.29, 1.82) is 0 Å². The quantitative estimate of drug-likeness (QED) is 0.231. The molecule has 0 unspecified atom stereocenters. The minimum absolute atomic E-state index is 0. The number of aromatic hydroxyl groups is 1. The van der Waals surface area contributed by atoms with E-state index in [9.17, 15) is 0 Å². The molecule has 2 aliphatic rings. The van der Waals surface area contributed by atoms with Crippen LogP contribution in [-0.4, -0.2) is 71.3 Å². The van der Waals surface area contributed by atoms with Gasteiger partial charge in [0.2, 0.25) is 0 Å². The predicted molar refractivity (Wildman–Crippen MR) is 274 cm³/mol. The predicted octanol–water partition coefficient (Wildman–Crippen LogP) is 11.0. The summed E-state index contributed by atoms with van der Waals surface area (Å²) < 4.78 is 0. The fourth-order valence-corrected chi connectivity index (χ4v) is 2.97. The van der Waals surface area contributed by atoms with Crippen molar-refractivity contribution in [3.63, 3.8) is 0 Å². The zero-order chi connectivity index (χ0) is 21.6. The fraction of sp³-hybridized carbons (Fsp3) is 0.714. The molecule has 2 aromatic rings. The van der Waals surface area contributed by atoms with E-state index in [1.807, 2.05) is 42.5 Å². The van der Waals surface area contributed by atoms with Gasteiger partial charge >= 0.3 is 98.5 Å². The van der Waals surface area contributed by atoms with Gasteiger partial charge in [-0.25, -0.2) is 0 Å². The third-order valence-electron chi connectivity index (χ3n) is 4.57. The molecule has 400 valence electrons. The molecule has 4 rings (SSSR count). The number of aliphatic hydroxyl groups is 2. The summed E-state index contributed by atoms with van der Waals surface area (Å²) in [6.45, 7) is 0. The second-order valence-electron chi connectivity index (χ2n) is 7.07. The second-order valence-corrected chi connectivity index (χ2v) is 7.07. The zero-order valence-electron chi connectivity index (χ0n) is 29.7. The minimum Gasteiger partial charge on any atom is -0.508 e. The van der Waals surface area contributed by atoms with E-state index in [0.717, 1.165) is 25.7 Å². The largest absolute Gasteiger partial charge is 4.00 e. The Kier molecular flexibility index (Phi) is 1300. The van der Waals surface area contributed by atoms with Gasteiger partial charge in [-0.1, -0.05) is 227 Å². The molecule has 19 N–H and O–H groups in total. The zero-order valence-corrected chi connectivity index (χ0v) is 39.7. The van der Waals surface area contributed by atoms with E-state index in [1.54, 1.807) is 24.3 Å². The van der Waals surface area contributed by atoms with Crippen molar-refractivity contribution in [3.8, 4) is 5.75 Å². The Labute approximate surface area is 537 Å². The van der Waals surface area contributed by atoms with Crippen molar-refractivity contribution in [2.75, 3.05) is 0 Å². The molecule has 0 spiro atoms. The van der Waals surface area contributed by atoms with Crippen LogP contribution in [-0.2, 0) is 186 Å². The maximum Gasteiger partial charge on any atom is 4.00 e. The van der Waals surface area contributed by atoms with Crippen molar-refractivity contribution in [3.05, 3.63) is 76.7 Å². The molecule has 13 nitrogen and oxygen atoms in total. The molecule has 0 bridgehead atoms. The van der Waals surface area contributed by atoms with E-state index >= 15 is 0 Å². The van der Waals surface area contributed by atoms with E-state index in [1.165, 1.54) is 38.5 Å². The van der Waals surface area contributed by atoms with E-state index in [-0.39, 0.29) is 381 Å². The molecule has 2 saturated carbocycles. The minimum atomic E-state index is 0. The number of aliphatic hydroxyl groups excluding tert-OH is 2. The molecule has 2 aliphatic carbocycles. The van der Waals surface area contributed by atoms with Crippen molar-refractivity contribution in [1.82, 2.24) is 0 Å². The van der Waals surface area contributed by atoms with Crippen LogP contribution >= 0.6 is 0 Å². The summed E-state index contributed by atoms with van der Waals surface area (Å²) in [4.78, 5) is 14.0. The molecule has 2 aromatic carbocycles. The van der Waals surface area contributed by atoms with Gasteiger partial charge in [-0.3, -0.25) is 0 Å². The van der Waals surface area contributed by atoms with E-state index in [4.69, 9.17) is 25.2 Å². The van der Waals surface area contributed by atoms with Gasteiger partial charge in [-0.05, 0) is 37.8 Å². The standard InChI is InChI=1S/2C6H12O.C6H6O.C6H6.18CH4.O2.8H2O.10V/c3*7-6-4-2-1-3-5-6;1-2-4-6-5-3-1;;;;;;;;;;;;;;;;;;;1-2;;;;;;;;;;;;;;;;;;/h2*6-7H,1-5H2;1-5,7H;1-6H;18*1H4;;8*1H2;;;;;;;;;;/q;;;;;;;;;;;;;;;;;;;;;;;;;;;;;;;;;;;;5*+4/p+4. The summed E-state index contributed by atoms with van der Waals surface area (Å²) >= 11 is 0. The molecule has 65 heavy (non-hydrogen) atoms. The summed E-state index contributed by atoms with van der Waals surface area (Å²) in [7, 11) is 0. The molecule has 0 atom stereocenters. The first-order chi connectivity index (χ1) is 14.2. The topological polar surface area (TPSA) is 347 Å². The van der Waals surface area contributed by atoms with Gasteiger partial charge in [0.05, 0.1) is 12.2 Å². The van der Waals surface area contributed by atoms with Crippen LogP contribution in [0.2, 0.25) is 0 Å². The van der Waals surface area contributed by atoms with Crippen LogP contribution in [0.3, 0.4) is 0 Å². The Bertz CT molecular complexity index is 581. The van der Waals surface area contributed by atoms with Gasteiger partial charge < -0.3 is 59.1 Å². The number of phenols is 1. The number of phenolic OH excluding ortho intramolecular Hbond substituents is 1. The Morgan fingerprint density at radius 2 is 0.431 bits per heavy atom. The number of hydrogen-bond donors (Lipinski definition) is 3. The monoisotopic (exact) mass is 1350 g/mol. The maximum absolute atomic E-state index is 8.91. The van der Waals surface area contributed by atoms with Crippen LogP contribution in [0.1, 0.15) is 204 Å². The van der Waals surface area contributed by atoms with Crippen LogP contribution in [0, 0.1) is 9.93 Å². The van der Waals surface area contributed by atoms with Crippen LogP contribution < -0.4 is 0 Å². The van der Waals surface area contributed by atoms with Gasteiger partial charge in [-0.15, -0.1) is 0 Å². The van der Waals surface area contributed by atoms with Gasteiger partial charge in [0.25, 0.3) is 0 Å². The fourth-order valence-electron chi connectivity index (χ4n) is 2.97. The van der Waals surface area contributed by atoms with Gasteiger partial charge in [-0.2, -0.15) is 0 Å². The third-order valence-corrected chi connectivity index (χ3v) is 4.57. The van der Waals surface area contributed by atoms with Crippen molar-refractivity contribution >= 4 is 0 Å². The first kappa shape index (κ1) is 316. The normalized spacial score (nSPS) is 7.17. The smallest absolute Gasteiger partial charge is 0.508 e. The van der Waals surface area contributed by atoms with Crippen molar-refractivity contribution in [2.24, 2.45) is 0 Å². The molecule has 0 saturated heterocycles. The molecule has 23 heteroatoms. The molecule has 0 amide bonds. The van der Waals surface area contributed by atoms with Crippen LogP contribution in [0.5, 0.6) is 5.75 Å². The van der Waals surface area contributed by atoms with Gasteiger partial charge in [0, 0.05) is 103 Å². The summed E-state index contributed by atoms with van der Waals surface area (Å²) in [5, 5.41) is 26.5. The third kappa shape index (κ3) is 259. The first-order valence-electron chi connectivity index (χ1n) is 10.5. The van der Waals surface area contributed by atoms with E-state index in [2.05, 4.69) is 0 Å². The molecular weight excluding hydrogens is 1220 g/mol. The first-order valence-corrected chi connectivity index (χ1v) is 10.5. The number of para-hydroxylation sites is 1. The summed E-state index contributed by atoms with van der Waals surface area (Å²) in [6, 6.07) is 20.7. The van der Waals surface area contributed by atoms with Gasteiger partial charge in [0.1, 0.15) is 5.75 Å². The van der Waals surface area contributed by atoms with Crippen LogP contribution in [0.25, 0.3) is 0 Å². The summed E-state index contributed by atoms with van der Waals surface area (Å²) in [5.41, 5.74) is 0. The van der Waals surface area contributed by atoms with Crippen LogP contribution in [0.15, 0.2) is 66.7 Å². The van der Waals surface area contributed by atoms with Crippen molar-refractivity contribution < 1.29 is 250 Å². The van der Waals surface area contributed by atoms with Crippen LogP contribution in [0.4, 0.5) is 0 Å².